The van der Waals surface area contributed by atoms with E-state index in [9.17, 15) is 14.4 Å². The quantitative estimate of drug-likeness (QED) is 0.563. The molecule has 0 spiro atoms. The SMILES string of the molecule is COC(=O)c1c(NC(=O)COC(=O)/C=C/c2cccc(OC)c2)sc(C)c1C. The van der Waals surface area contributed by atoms with E-state index < -0.39 is 24.5 Å². The van der Waals surface area contributed by atoms with Crippen LogP contribution in [0.2, 0.25) is 0 Å². The van der Waals surface area contributed by atoms with Crippen LogP contribution < -0.4 is 10.1 Å². The van der Waals surface area contributed by atoms with Crippen molar-refractivity contribution in [1.82, 2.24) is 0 Å². The van der Waals surface area contributed by atoms with Gasteiger partial charge in [0.25, 0.3) is 5.91 Å². The molecular formula is C20H21NO6S. The monoisotopic (exact) mass is 403 g/mol. The molecule has 7 nitrogen and oxygen atoms in total. The lowest BCUT2D eigenvalue weighted by Gasteiger charge is -2.06. The van der Waals surface area contributed by atoms with Crippen LogP contribution in [-0.4, -0.2) is 38.7 Å². The van der Waals surface area contributed by atoms with Gasteiger partial charge in [-0.3, -0.25) is 4.79 Å². The number of carbonyl (C=O) groups is 3. The number of hydrogen-bond acceptors (Lipinski definition) is 7. The number of amides is 1. The minimum absolute atomic E-state index is 0.308. The predicted molar refractivity (Wildman–Crippen MR) is 107 cm³/mol. The number of benzene rings is 1. The molecule has 0 fully saturated rings. The van der Waals surface area contributed by atoms with Crippen molar-refractivity contribution >= 4 is 40.3 Å². The van der Waals surface area contributed by atoms with Crippen molar-refractivity contribution in [3.63, 3.8) is 0 Å². The molecule has 1 aromatic carbocycles. The summed E-state index contributed by atoms with van der Waals surface area (Å²) in [5.41, 5.74) is 1.81. The first kappa shape index (κ1) is 21.2. The first-order valence-corrected chi connectivity index (χ1v) is 9.14. The lowest BCUT2D eigenvalue weighted by molar-refractivity contribution is -0.142. The Morgan fingerprint density at radius 2 is 1.93 bits per heavy atom. The third-order valence-electron chi connectivity index (χ3n) is 3.88. The smallest absolute Gasteiger partial charge is 0.341 e. The van der Waals surface area contributed by atoms with E-state index in [-0.39, 0.29) is 0 Å². The Hall–Kier alpha value is -3.13. The fraction of sp³-hybridized carbons (Fsp3) is 0.250. The van der Waals surface area contributed by atoms with Crippen molar-refractivity contribution in [2.24, 2.45) is 0 Å². The van der Waals surface area contributed by atoms with Gasteiger partial charge in [-0.05, 0) is 43.2 Å². The summed E-state index contributed by atoms with van der Waals surface area (Å²) in [6, 6.07) is 7.14. The van der Waals surface area contributed by atoms with Gasteiger partial charge in [-0.25, -0.2) is 9.59 Å². The fourth-order valence-electron chi connectivity index (χ4n) is 2.32. The van der Waals surface area contributed by atoms with Crippen molar-refractivity contribution in [2.75, 3.05) is 26.1 Å². The number of anilines is 1. The number of carbonyl (C=O) groups excluding carboxylic acids is 3. The minimum Gasteiger partial charge on any atom is -0.497 e. The number of rotatable bonds is 7. The average molecular weight is 403 g/mol. The molecular weight excluding hydrogens is 382 g/mol. The molecule has 1 amide bonds. The lowest BCUT2D eigenvalue weighted by atomic mass is 10.1. The molecule has 1 N–H and O–H groups in total. The Morgan fingerprint density at radius 3 is 2.61 bits per heavy atom. The highest BCUT2D eigenvalue weighted by atomic mass is 32.1. The van der Waals surface area contributed by atoms with Gasteiger partial charge in [-0.15, -0.1) is 11.3 Å². The van der Waals surface area contributed by atoms with Crippen LogP contribution in [0.15, 0.2) is 30.3 Å². The van der Waals surface area contributed by atoms with E-state index in [1.165, 1.54) is 24.5 Å². The Balaban J connectivity index is 1.94. The molecule has 28 heavy (non-hydrogen) atoms. The Morgan fingerprint density at radius 1 is 1.18 bits per heavy atom. The van der Waals surface area contributed by atoms with Crippen LogP contribution in [0.25, 0.3) is 6.08 Å². The number of ether oxygens (including phenoxy) is 3. The van der Waals surface area contributed by atoms with E-state index in [0.29, 0.717) is 16.3 Å². The molecule has 0 bridgehead atoms. The first-order valence-electron chi connectivity index (χ1n) is 8.32. The van der Waals surface area contributed by atoms with E-state index in [2.05, 4.69) is 5.32 Å². The standard InChI is InChI=1S/C20H21NO6S/c1-12-13(2)28-19(18(12)20(24)26-4)21-16(22)11-27-17(23)9-8-14-6-5-7-15(10-14)25-3/h5-10H,11H2,1-4H3,(H,21,22)/b9-8+. The van der Waals surface area contributed by atoms with E-state index in [1.54, 1.807) is 44.4 Å². The minimum atomic E-state index is -0.662. The summed E-state index contributed by atoms with van der Waals surface area (Å²) in [7, 11) is 2.83. The van der Waals surface area contributed by atoms with Gasteiger partial charge >= 0.3 is 11.9 Å². The zero-order valence-corrected chi connectivity index (χ0v) is 16.8. The second-order valence-electron chi connectivity index (χ2n) is 5.74. The van der Waals surface area contributed by atoms with Crippen molar-refractivity contribution in [2.45, 2.75) is 13.8 Å². The summed E-state index contributed by atoms with van der Waals surface area (Å²) in [5.74, 6) is -1.08. The maximum Gasteiger partial charge on any atom is 0.341 e. The topological polar surface area (TPSA) is 90.9 Å². The van der Waals surface area contributed by atoms with Crippen LogP contribution in [-0.2, 0) is 19.1 Å². The molecule has 0 atom stereocenters. The van der Waals surface area contributed by atoms with Crippen LogP contribution >= 0.6 is 11.3 Å². The maximum atomic E-state index is 12.1. The molecule has 0 aliphatic heterocycles. The number of thiophene rings is 1. The first-order chi connectivity index (χ1) is 13.3. The molecule has 0 aliphatic rings. The number of methoxy groups -OCH3 is 2. The summed E-state index contributed by atoms with van der Waals surface area (Å²) in [6.07, 6.45) is 2.78. The number of hydrogen-bond donors (Lipinski definition) is 1. The largest absolute Gasteiger partial charge is 0.497 e. The van der Waals surface area contributed by atoms with Gasteiger partial charge in [0.1, 0.15) is 10.8 Å². The summed E-state index contributed by atoms with van der Waals surface area (Å²) in [6.45, 7) is 3.14. The van der Waals surface area contributed by atoms with Crippen molar-refractivity contribution in [3.8, 4) is 5.75 Å². The van der Waals surface area contributed by atoms with Gasteiger partial charge in [0.2, 0.25) is 0 Å². The summed E-state index contributed by atoms with van der Waals surface area (Å²) in [5, 5.41) is 2.96. The van der Waals surface area contributed by atoms with Crippen molar-refractivity contribution in [3.05, 3.63) is 51.9 Å². The third-order valence-corrected chi connectivity index (χ3v) is 5.00. The number of esters is 2. The van der Waals surface area contributed by atoms with Crippen LogP contribution in [0.4, 0.5) is 5.00 Å². The van der Waals surface area contributed by atoms with E-state index in [0.717, 1.165) is 16.0 Å². The van der Waals surface area contributed by atoms with Crippen LogP contribution in [0.5, 0.6) is 5.75 Å². The predicted octanol–water partition coefficient (Wildman–Crippen LogP) is 3.36. The molecule has 0 radical (unpaired) electrons. The van der Waals surface area contributed by atoms with E-state index >= 15 is 0 Å². The molecule has 148 valence electrons. The van der Waals surface area contributed by atoms with Gasteiger partial charge in [0.15, 0.2) is 6.61 Å². The van der Waals surface area contributed by atoms with E-state index in [1.807, 2.05) is 6.92 Å². The van der Waals surface area contributed by atoms with Gasteiger partial charge in [-0.1, -0.05) is 12.1 Å². The number of aryl methyl sites for hydroxylation is 1. The molecule has 0 saturated heterocycles. The Labute approximate surface area is 166 Å². The summed E-state index contributed by atoms with van der Waals surface area (Å²) in [4.78, 5) is 36.7. The van der Waals surface area contributed by atoms with Crippen molar-refractivity contribution < 1.29 is 28.6 Å². The number of nitrogens with one attached hydrogen (secondary N) is 1. The molecule has 0 saturated carbocycles. The second-order valence-corrected chi connectivity index (χ2v) is 6.97. The normalized spacial score (nSPS) is 10.6. The third kappa shape index (κ3) is 5.43. The van der Waals surface area contributed by atoms with Crippen molar-refractivity contribution in [1.29, 1.82) is 0 Å². The highest BCUT2D eigenvalue weighted by molar-refractivity contribution is 7.16. The average Bonchev–Trinajstić information content (AvgIpc) is 2.97. The summed E-state index contributed by atoms with van der Waals surface area (Å²) < 4.78 is 14.8. The highest BCUT2D eigenvalue weighted by Crippen LogP contribution is 2.32. The molecule has 1 heterocycles. The Kier molecular flexibility index (Phi) is 7.34. The van der Waals surface area contributed by atoms with Gasteiger partial charge in [0, 0.05) is 11.0 Å². The summed E-state index contributed by atoms with van der Waals surface area (Å²) >= 11 is 1.26. The van der Waals surface area contributed by atoms with Gasteiger partial charge < -0.3 is 19.5 Å². The zero-order valence-electron chi connectivity index (χ0n) is 16.0. The maximum absolute atomic E-state index is 12.1. The van der Waals surface area contributed by atoms with E-state index in [4.69, 9.17) is 14.2 Å². The van der Waals surface area contributed by atoms with Crippen LogP contribution in [0.3, 0.4) is 0 Å². The molecule has 1 aromatic heterocycles. The molecule has 0 aliphatic carbocycles. The highest BCUT2D eigenvalue weighted by Gasteiger charge is 2.21. The lowest BCUT2D eigenvalue weighted by Crippen LogP contribution is -2.21. The zero-order chi connectivity index (χ0) is 20.7. The Bertz CT molecular complexity index is 915. The van der Waals surface area contributed by atoms with Gasteiger partial charge in [-0.2, -0.15) is 0 Å². The van der Waals surface area contributed by atoms with Crippen LogP contribution in [0, 0.1) is 13.8 Å². The molecule has 2 aromatic rings. The molecule has 0 unspecified atom stereocenters. The second kappa shape index (κ2) is 9.70. The molecule has 2 rings (SSSR count). The molecule has 8 heteroatoms. The van der Waals surface area contributed by atoms with Crippen LogP contribution in [0.1, 0.15) is 26.4 Å². The van der Waals surface area contributed by atoms with Gasteiger partial charge in [0.05, 0.1) is 19.8 Å². The fourth-order valence-corrected chi connectivity index (χ4v) is 3.38.